The van der Waals surface area contributed by atoms with Gasteiger partial charge in [-0.25, -0.2) is 0 Å². The quantitative estimate of drug-likeness (QED) is 0.648. The van der Waals surface area contributed by atoms with E-state index in [2.05, 4.69) is 21.6 Å². The standard InChI is InChI=1S/C14H17N3O3/c1-2-3-4-8-17(13(18)11-9-16-20-10-11)14(19)12-6-5-7-15-12/h5-7,9-10,15H,2-4,8H2,1H3. The Morgan fingerprint density at radius 2 is 2.20 bits per heavy atom. The van der Waals surface area contributed by atoms with Crippen molar-refractivity contribution in [3.8, 4) is 0 Å². The lowest BCUT2D eigenvalue weighted by atomic mass is 10.2. The van der Waals surface area contributed by atoms with Crippen molar-refractivity contribution in [2.24, 2.45) is 0 Å². The highest BCUT2D eigenvalue weighted by atomic mass is 16.5. The summed E-state index contributed by atoms with van der Waals surface area (Å²) < 4.78 is 4.67. The third-order valence-electron chi connectivity index (χ3n) is 2.98. The highest BCUT2D eigenvalue weighted by Gasteiger charge is 2.25. The summed E-state index contributed by atoms with van der Waals surface area (Å²) in [6, 6.07) is 3.37. The van der Waals surface area contributed by atoms with Crippen LogP contribution in [0.3, 0.4) is 0 Å². The summed E-state index contributed by atoms with van der Waals surface area (Å²) in [7, 11) is 0. The Morgan fingerprint density at radius 1 is 1.35 bits per heavy atom. The molecule has 0 aliphatic carbocycles. The minimum atomic E-state index is -0.387. The molecule has 0 fully saturated rings. The molecule has 0 bridgehead atoms. The molecule has 0 saturated carbocycles. The van der Waals surface area contributed by atoms with E-state index in [0.29, 0.717) is 12.2 Å². The van der Waals surface area contributed by atoms with E-state index in [9.17, 15) is 9.59 Å². The lowest BCUT2D eigenvalue weighted by molar-refractivity contribution is 0.0610. The van der Waals surface area contributed by atoms with Crippen molar-refractivity contribution in [3.63, 3.8) is 0 Å². The van der Waals surface area contributed by atoms with Crippen LogP contribution in [0.2, 0.25) is 0 Å². The predicted octanol–water partition coefficient (Wildman–Crippen LogP) is 2.48. The van der Waals surface area contributed by atoms with Crippen LogP contribution in [-0.2, 0) is 0 Å². The molecule has 6 heteroatoms. The molecule has 6 nitrogen and oxygen atoms in total. The average molecular weight is 275 g/mol. The Kier molecular flexibility index (Phi) is 4.70. The molecule has 2 heterocycles. The zero-order chi connectivity index (χ0) is 14.4. The molecule has 20 heavy (non-hydrogen) atoms. The summed E-state index contributed by atoms with van der Waals surface area (Å²) >= 11 is 0. The molecule has 2 aromatic rings. The SMILES string of the molecule is CCCCCN(C(=O)c1cnoc1)C(=O)c1ccc[nH]1. The first-order chi connectivity index (χ1) is 9.74. The predicted molar refractivity (Wildman–Crippen MR) is 72.2 cm³/mol. The summed E-state index contributed by atoms with van der Waals surface area (Å²) in [5, 5.41) is 3.50. The maximum absolute atomic E-state index is 12.4. The van der Waals surface area contributed by atoms with Gasteiger partial charge in [-0.05, 0) is 18.6 Å². The van der Waals surface area contributed by atoms with Crippen LogP contribution in [-0.4, -0.2) is 33.4 Å². The molecule has 1 N–H and O–H groups in total. The molecule has 2 rings (SSSR count). The van der Waals surface area contributed by atoms with E-state index >= 15 is 0 Å². The molecule has 0 spiro atoms. The Hall–Kier alpha value is -2.37. The van der Waals surface area contributed by atoms with Crippen molar-refractivity contribution in [1.29, 1.82) is 0 Å². The number of carbonyl (C=O) groups is 2. The Bertz CT molecular complexity index is 500. The van der Waals surface area contributed by atoms with Gasteiger partial charge in [-0.3, -0.25) is 14.5 Å². The van der Waals surface area contributed by atoms with Crippen LogP contribution in [0.15, 0.2) is 35.3 Å². The van der Waals surface area contributed by atoms with Crippen LogP contribution in [0.4, 0.5) is 0 Å². The highest BCUT2D eigenvalue weighted by Crippen LogP contribution is 2.10. The number of nitrogens with zero attached hydrogens (tertiary/aromatic N) is 2. The van der Waals surface area contributed by atoms with E-state index in [4.69, 9.17) is 0 Å². The summed E-state index contributed by atoms with van der Waals surface area (Å²) in [5.41, 5.74) is 0.674. The maximum atomic E-state index is 12.4. The number of unbranched alkanes of at least 4 members (excludes halogenated alkanes) is 2. The van der Waals surface area contributed by atoms with Crippen molar-refractivity contribution in [2.75, 3.05) is 6.54 Å². The van der Waals surface area contributed by atoms with Crippen molar-refractivity contribution in [1.82, 2.24) is 15.0 Å². The molecule has 0 unspecified atom stereocenters. The smallest absolute Gasteiger partial charge is 0.277 e. The third-order valence-corrected chi connectivity index (χ3v) is 2.98. The Balaban J connectivity index is 2.16. The number of rotatable bonds is 6. The topological polar surface area (TPSA) is 79.2 Å². The van der Waals surface area contributed by atoms with Gasteiger partial charge in [0, 0.05) is 12.7 Å². The van der Waals surface area contributed by atoms with E-state index in [1.165, 1.54) is 17.4 Å². The fourth-order valence-electron chi connectivity index (χ4n) is 1.89. The molecule has 106 valence electrons. The highest BCUT2D eigenvalue weighted by molar-refractivity contribution is 6.09. The second-order valence-electron chi connectivity index (χ2n) is 4.47. The van der Waals surface area contributed by atoms with Crippen molar-refractivity contribution in [3.05, 3.63) is 42.0 Å². The van der Waals surface area contributed by atoms with Crippen LogP contribution < -0.4 is 0 Å². The van der Waals surface area contributed by atoms with Crippen molar-refractivity contribution in [2.45, 2.75) is 26.2 Å². The van der Waals surface area contributed by atoms with E-state index in [0.717, 1.165) is 19.3 Å². The molecular formula is C14H17N3O3. The van der Waals surface area contributed by atoms with Gasteiger partial charge in [0.05, 0.1) is 11.8 Å². The molecule has 2 aromatic heterocycles. The van der Waals surface area contributed by atoms with Gasteiger partial charge in [0.25, 0.3) is 11.8 Å². The minimum absolute atomic E-state index is 0.279. The first-order valence-corrected chi connectivity index (χ1v) is 6.63. The zero-order valence-corrected chi connectivity index (χ0v) is 11.3. The Labute approximate surface area is 116 Å². The van der Waals surface area contributed by atoms with Gasteiger partial charge in [0.2, 0.25) is 0 Å². The van der Waals surface area contributed by atoms with Gasteiger partial charge in [0.1, 0.15) is 12.0 Å². The van der Waals surface area contributed by atoms with E-state index < -0.39 is 0 Å². The van der Waals surface area contributed by atoms with Crippen LogP contribution in [0.5, 0.6) is 0 Å². The summed E-state index contributed by atoms with van der Waals surface area (Å²) in [5.74, 6) is -0.723. The van der Waals surface area contributed by atoms with Gasteiger partial charge in [-0.15, -0.1) is 0 Å². The monoisotopic (exact) mass is 275 g/mol. The van der Waals surface area contributed by atoms with E-state index in [1.807, 2.05) is 0 Å². The van der Waals surface area contributed by atoms with E-state index in [-0.39, 0.29) is 17.4 Å². The molecule has 0 atom stereocenters. The third kappa shape index (κ3) is 3.14. The van der Waals surface area contributed by atoms with Gasteiger partial charge in [-0.2, -0.15) is 0 Å². The Morgan fingerprint density at radius 3 is 2.80 bits per heavy atom. The molecule has 2 amide bonds. The van der Waals surface area contributed by atoms with Crippen LogP contribution in [0.25, 0.3) is 0 Å². The molecule has 0 aromatic carbocycles. The number of hydrogen-bond donors (Lipinski definition) is 1. The fourth-order valence-corrected chi connectivity index (χ4v) is 1.89. The largest absolute Gasteiger partial charge is 0.364 e. The number of carbonyl (C=O) groups excluding carboxylic acids is 2. The number of imide groups is 1. The lowest BCUT2D eigenvalue weighted by Crippen LogP contribution is -2.37. The lowest BCUT2D eigenvalue weighted by Gasteiger charge is -2.19. The minimum Gasteiger partial charge on any atom is -0.364 e. The van der Waals surface area contributed by atoms with Crippen molar-refractivity contribution < 1.29 is 14.1 Å². The van der Waals surface area contributed by atoms with Gasteiger partial charge >= 0.3 is 0 Å². The maximum Gasteiger partial charge on any atom is 0.277 e. The zero-order valence-electron chi connectivity index (χ0n) is 11.3. The normalized spacial score (nSPS) is 10.4. The molecular weight excluding hydrogens is 258 g/mol. The molecule has 0 aliphatic heterocycles. The van der Waals surface area contributed by atoms with Crippen molar-refractivity contribution >= 4 is 11.8 Å². The van der Waals surface area contributed by atoms with Crippen LogP contribution in [0.1, 0.15) is 47.0 Å². The fraction of sp³-hybridized carbons (Fsp3) is 0.357. The summed E-state index contributed by atoms with van der Waals surface area (Å²) in [4.78, 5) is 28.7. The van der Waals surface area contributed by atoms with Crippen LogP contribution >= 0.6 is 0 Å². The van der Waals surface area contributed by atoms with Crippen LogP contribution in [0, 0.1) is 0 Å². The number of H-pyrrole nitrogens is 1. The first-order valence-electron chi connectivity index (χ1n) is 6.63. The number of amides is 2. The second kappa shape index (κ2) is 6.70. The van der Waals surface area contributed by atoms with E-state index in [1.54, 1.807) is 18.3 Å². The molecule has 0 saturated heterocycles. The number of aromatic nitrogens is 2. The molecule has 0 radical (unpaired) electrons. The number of hydrogen-bond acceptors (Lipinski definition) is 4. The summed E-state index contributed by atoms with van der Waals surface area (Å²) in [6.07, 6.45) is 6.98. The molecule has 0 aliphatic rings. The summed E-state index contributed by atoms with van der Waals surface area (Å²) in [6.45, 7) is 2.45. The number of aromatic amines is 1. The van der Waals surface area contributed by atoms with Gasteiger partial charge in [-0.1, -0.05) is 24.9 Å². The average Bonchev–Trinajstić information content (AvgIpc) is 3.15. The van der Waals surface area contributed by atoms with Gasteiger partial charge in [0.15, 0.2) is 0 Å². The van der Waals surface area contributed by atoms with Gasteiger partial charge < -0.3 is 9.51 Å². The first kappa shape index (κ1) is 14.0. The second-order valence-corrected chi connectivity index (χ2v) is 4.47. The number of nitrogens with one attached hydrogen (secondary N) is 1.